The van der Waals surface area contributed by atoms with E-state index < -0.39 is 0 Å². The molecule has 0 fully saturated rings. The average Bonchev–Trinajstić information content (AvgIpc) is 3.06. The van der Waals surface area contributed by atoms with Crippen LogP contribution in [0.5, 0.6) is 0 Å². The van der Waals surface area contributed by atoms with Crippen molar-refractivity contribution < 1.29 is 18.8 Å². The van der Waals surface area contributed by atoms with Crippen molar-refractivity contribution in [3.8, 4) is 0 Å². The molecule has 1 N–H and O–H groups in total. The van der Waals surface area contributed by atoms with E-state index >= 15 is 0 Å². The highest BCUT2D eigenvalue weighted by atomic mass is 32.1. The van der Waals surface area contributed by atoms with Gasteiger partial charge in [0.05, 0.1) is 17.9 Å². The Kier molecular flexibility index (Phi) is 4.94. The van der Waals surface area contributed by atoms with Crippen LogP contribution in [-0.2, 0) is 17.6 Å². The van der Waals surface area contributed by atoms with Crippen LogP contribution in [-0.4, -0.2) is 23.6 Å². The van der Waals surface area contributed by atoms with Gasteiger partial charge >= 0.3 is 5.97 Å². The summed E-state index contributed by atoms with van der Waals surface area (Å²) in [5, 5.41) is 7.26. The maximum absolute atomic E-state index is 12.7. The number of thiophene rings is 1. The number of nitrogens with zero attached hydrogens (tertiary/aromatic N) is 1. The van der Waals surface area contributed by atoms with Crippen LogP contribution < -0.4 is 5.32 Å². The van der Waals surface area contributed by atoms with Gasteiger partial charge in [-0.1, -0.05) is 12.1 Å². The van der Waals surface area contributed by atoms with Crippen LogP contribution in [0.25, 0.3) is 0 Å². The number of hydrogen-bond donors (Lipinski definition) is 1. The third kappa shape index (κ3) is 3.33. The molecular formula is C18H22N2O4S. The van der Waals surface area contributed by atoms with E-state index in [2.05, 4.69) is 17.4 Å². The van der Waals surface area contributed by atoms with Gasteiger partial charge in [-0.05, 0) is 51.5 Å². The third-order valence-corrected chi connectivity index (χ3v) is 5.65. The van der Waals surface area contributed by atoms with E-state index in [9.17, 15) is 9.59 Å². The second-order valence-corrected chi connectivity index (χ2v) is 7.53. The van der Waals surface area contributed by atoms with Crippen molar-refractivity contribution in [1.29, 1.82) is 0 Å². The number of rotatable bonds is 4. The lowest BCUT2D eigenvalue weighted by Gasteiger charge is -2.18. The number of hydrogen-bond acceptors (Lipinski definition) is 6. The molecular weight excluding hydrogens is 340 g/mol. The van der Waals surface area contributed by atoms with E-state index in [0.29, 0.717) is 40.1 Å². The van der Waals surface area contributed by atoms with Gasteiger partial charge in [0.25, 0.3) is 5.91 Å². The summed E-state index contributed by atoms with van der Waals surface area (Å²) in [6, 6.07) is 0. The van der Waals surface area contributed by atoms with Crippen molar-refractivity contribution in [2.45, 2.75) is 47.0 Å². The second-order valence-electron chi connectivity index (χ2n) is 6.43. The van der Waals surface area contributed by atoms with Gasteiger partial charge in [-0.3, -0.25) is 4.79 Å². The zero-order valence-electron chi connectivity index (χ0n) is 14.9. The SMILES string of the molecule is CCOC(=O)c1c(NC(=O)c2c(C)noc2C)sc2c1CC[C@H](C)C2. The van der Waals surface area contributed by atoms with Crippen molar-refractivity contribution in [3.05, 3.63) is 33.0 Å². The molecule has 7 heteroatoms. The number of fused-ring (bicyclic) bond motifs is 1. The van der Waals surface area contributed by atoms with Crippen LogP contribution in [0.4, 0.5) is 5.00 Å². The Morgan fingerprint density at radius 3 is 2.76 bits per heavy atom. The number of aromatic nitrogens is 1. The number of esters is 1. The molecule has 0 aromatic carbocycles. The van der Waals surface area contributed by atoms with E-state index in [-0.39, 0.29) is 11.9 Å². The Morgan fingerprint density at radius 1 is 1.36 bits per heavy atom. The average molecular weight is 362 g/mol. The standard InChI is InChI=1S/C18H22N2O4S/c1-5-23-18(22)15-12-7-6-9(2)8-13(12)25-17(15)19-16(21)14-10(3)20-24-11(14)4/h9H,5-8H2,1-4H3,(H,19,21)/t9-/m0/s1. The number of ether oxygens (including phenoxy) is 1. The number of amides is 1. The number of carbonyl (C=O) groups is 2. The lowest BCUT2D eigenvalue weighted by Crippen LogP contribution is -2.17. The molecule has 0 unspecified atom stereocenters. The van der Waals surface area contributed by atoms with E-state index in [1.165, 1.54) is 11.3 Å². The highest BCUT2D eigenvalue weighted by molar-refractivity contribution is 7.17. The molecule has 0 aliphatic heterocycles. The highest BCUT2D eigenvalue weighted by Gasteiger charge is 2.30. The Morgan fingerprint density at radius 2 is 2.12 bits per heavy atom. The summed E-state index contributed by atoms with van der Waals surface area (Å²) in [5.41, 5.74) is 2.47. The lowest BCUT2D eigenvalue weighted by atomic mass is 9.88. The van der Waals surface area contributed by atoms with Crippen LogP contribution in [0.1, 0.15) is 62.9 Å². The molecule has 0 spiro atoms. The molecule has 1 amide bonds. The quantitative estimate of drug-likeness (QED) is 0.834. The minimum Gasteiger partial charge on any atom is -0.462 e. The van der Waals surface area contributed by atoms with Crippen LogP contribution in [0.3, 0.4) is 0 Å². The fraction of sp³-hybridized carbons (Fsp3) is 0.500. The summed E-state index contributed by atoms with van der Waals surface area (Å²) in [6.45, 7) is 7.70. The normalized spacial score (nSPS) is 16.4. The van der Waals surface area contributed by atoms with E-state index in [1.807, 2.05) is 0 Å². The zero-order valence-corrected chi connectivity index (χ0v) is 15.7. The van der Waals surface area contributed by atoms with Crippen molar-refractivity contribution in [1.82, 2.24) is 5.16 Å². The summed E-state index contributed by atoms with van der Waals surface area (Å²) >= 11 is 1.47. The minimum absolute atomic E-state index is 0.303. The smallest absolute Gasteiger partial charge is 0.341 e. The van der Waals surface area contributed by atoms with Gasteiger partial charge in [0.15, 0.2) is 0 Å². The first-order valence-electron chi connectivity index (χ1n) is 8.48. The Labute approximate surface area is 150 Å². The summed E-state index contributed by atoms with van der Waals surface area (Å²) in [6.07, 6.45) is 2.79. The molecule has 0 saturated carbocycles. The maximum atomic E-state index is 12.7. The topological polar surface area (TPSA) is 81.4 Å². The molecule has 3 rings (SSSR count). The zero-order chi connectivity index (χ0) is 18.1. The molecule has 0 radical (unpaired) electrons. The second kappa shape index (κ2) is 7.00. The summed E-state index contributed by atoms with van der Waals surface area (Å²) < 4.78 is 10.3. The Bertz CT molecular complexity index is 802. The first-order valence-corrected chi connectivity index (χ1v) is 9.29. The molecule has 134 valence electrons. The Hall–Kier alpha value is -2.15. The first-order chi connectivity index (χ1) is 11.9. The van der Waals surface area contributed by atoms with Gasteiger partial charge in [0, 0.05) is 4.88 Å². The van der Waals surface area contributed by atoms with Crippen molar-refractivity contribution >= 4 is 28.2 Å². The van der Waals surface area contributed by atoms with Crippen molar-refractivity contribution in [2.75, 3.05) is 11.9 Å². The summed E-state index contributed by atoms with van der Waals surface area (Å²) in [4.78, 5) is 26.3. The van der Waals surface area contributed by atoms with E-state index in [1.54, 1.807) is 20.8 Å². The molecule has 2 heterocycles. The van der Waals surface area contributed by atoms with E-state index in [0.717, 1.165) is 29.7 Å². The highest BCUT2D eigenvalue weighted by Crippen LogP contribution is 2.40. The minimum atomic E-state index is -0.372. The Balaban J connectivity index is 1.98. The van der Waals surface area contributed by atoms with Gasteiger partial charge in [0.2, 0.25) is 0 Å². The van der Waals surface area contributed by atoms with Crippen LogP contribution in [0, 0.1) is 19.8 Å². The van der Waals surface area contributed by atoms with Gasteiger partial charge in [-0.15, -0.1) is 11.3 Å². The lowest BCUT2D eigenvalue weighted by molar-refractivity contribution is 0.0526. The molecule has 2 aromatic heterocycles. The van der Waals surface area contributed by atoms with Gasteiger partial charge < -0.3 is 14.6 Å². The van der Waals surface area contributed by atoms with Crippen molar-refractivity contribution in [2.24, 2.45) is 5.92 Å². The maximum Gasteiger partial charge on any atom is 0.341 e. The largest absolute Gasteiger partial charge is 0.462 e. The number of aryl methyl sites for hydroxylation is 2. The summed E-state index contributed by atoms with van der Waals surface area (Å²) in [5.74, 6) is 0.354. The van der Waals surface area contributed by atoms with Crippen LogP contribution in [0.2, 0.25) is 0 Å². The fourth-order valence-electron chi connectivity index (χ4n) is 3.23. The first kappa shape index (κ1) is 17.7. The molecule has 0 saturated heterocycles. The molecule has 0 bridgehead atoms. The third-order valence-electron chi connectivity index (χ3n) is 4.48. The van der Waals surface area contributed by atoms with Gasteiger partial charge in [-0.2, -0.15) is 0 Å². The summed E-state index contributed by atoms with van der Waals surface area (Å²) in [7, 11) is 0. The van der Waals surface area contributed by atoms with Crippen molar-refractivity contribution in [3.63, 3.8) is 0 Å². The predicted octanol–water partition coefficient (Wildman–Crippen LogP) is 3.91. The molecule has 6 nitrogen and oxygen atoms in total. The van der Waals surface area contributed by atoms with Gasteiger partial charge in [0.1, 0.15) is 16.3 Å². The molecule has 25 heavy (non-hydrogen) atoms. The molecule has 1 atom stereocenters. The number of nitrogens with one attached hydrogen (secondary N) is 1. The number of anilines is 1. The monoisotopic (exact) mass is 362 g/mol. The van der Waals surface area contributed by atoms with Gasteiger partial charge in [-0.25, -0.2) is 4.79 Å². The van der Waals surface area contributed by atoms with E-state index in [4.69, 9.17) is 9.26 Å². The fourth-order valence-corrected chi connectivity index (χ4v) is 4.62. The van der Waals surface area contributed by atoms with Crippen LogP contribution >= 0.6 is 11.3 Å². The number of carbonyl (C=O) groups excluding carboxylic acids is 2. The molecule has 1 aliphatic carbocycles. The van der Waals surface area contributed by atoms with Crippen LogP contribution in [0.15, 0.2) is 4.52 Å². The molecule has 2 aromatic rings. The molecule has 1 aliphatic rings. The predicted molar refractivity (Wildman–Crippen MR) is 95.4 cm³/mol.